The number of furan rings is 1. The predicted molar refractivity (Wildman–Crippen MR) is 79.1 cm³/mol. The molecule has 1 aromatic rings. The van der Waals surface area contributed by atoms with E-state index in [-0.39, 0.29) is 23.5 Å². The Balaban J connectivity index is 1.45. The zero-order valence-corrected chi connectivity index (χ0v) is 13.1. The summed E-state index contributed by atoms with van der Waals surface area (Å²) in [6.07, 6.45) is 4.06. The molecule has 1 amide bonds. The number of hydrogen-bond donors (Lipinski definition) is 2. The topological polar surface area (TPSA) is 71.7 Å². The lowest BCUT2D eigenvalue weighted by molar-refractivity contribution is -0.149. The van der Waals surface area contributed by atoms with Gasteiger partial charge < -0.3 is 19.6 Å². The smallest absolute Gasteiger partial charge is 0.229 e. The fourth-order valence-electron chi connectivity index (χ4n) is 4.27. The Morgan fingerprint density at radius 3 is 2.82 bits per heavy atom. The van der Waals surface area contributed by atoms with E-state index in [0.717, 1.165) is 31.4 Å². The molecule has 1 aliphatic heterocycles. The zero-order chi connectivity index (χ0) is 15.6. The van der Waals surface area contributed by atoms with Crippen LogP contribution < -0.4 is 5.32 Å². The summed E-state index contributed by atoms with van der Waals surface area (Å²) in [5, 5.41) is 13.5. The third-order valence-corrected chi connectivity index (χ3v) is 5.91. The van der Waals surface area contributed by atoms with Crippen molar-refractivity contribution in [2.45, 2.75) is 50.7 Å². The SMILES string of the molecule is Cc1ccc(C(C)(O)CNC(=O)[C@]23C[C@H]2COC32CCC2)o1. The number of aliphatic hydroxyl groups is 1. The van der Waals surface area contributed by atoms with Gasteiger partial charge in [0.25, 0.3) is 0 Å². The molecule has 0 aromatic carbocycles. The molecule has 1 saturated heterocycles. The lowest BCUT2D eigenvalue weighted by Gasteiger charge is -2.44. The molecule has 0 bridgehead atoms. The number of carbonyl (C=O) groups excluding carboxylic acids is 1. The second-order valence-electron chi connectivity index (χ2n) is 7.40. The number of rotatable bonds is 4. The number of amides is 1. The summed E-state index contributed by atoms with van der Waals surface area (Å²) in [5.74, 6) is 1.64. The van der Waals surface area contributed by atoms with Crippen LogP contribution >= 0.6 is 0 Å². The van der Waals surface area contributed by atoms with Crippen molar-refractivity contribution in [3.05, 3.63) is 23.7 Å². The first-order chi connectivity index (χ1) is 10.4. The first kappa shape index (κ1) is 14.3. The molecule has 120 valence electrons. The highest BCUT2D eigenvalue weighted by molar-refractivity contribution is 5.88. The first-order valence-electron chi connectivity index (χ1n) is 8.11. The van der Waals surface area contributed by atoms with Crippen LogP contribution in [0.1, 0.15) is 44.1 Å². The third kappa shape index (κ3) is 1.75. The van der Waals surface area contributed by atoms with E-state index in [1.807, 2.05) is 13.0 Å². The molecule has 3 fully saturated rings. The molecule has 2 N–H and O–H groups in total. The average molecular weight is 305 g/mol. The Hall–Kier alpha value is -1.33. The van der Waals surface area contributed by atoms with E-state index >= 15 is 0 Å². The van der Waals surface area contributed by atoms with Gasteiger partial charge in [0.1, 0.15) is 17.1 Å². The van der Waals surface area contributed by atoms with Crippen LogP contribution in [0.25, 0.3) is 0 Å². The van der Waals surface area contributed by atoms with Crippen LogP contribution in [0.15, 0.2) is 16.5 Å². The quantitative estimate of drug-likeness (QED) is 0.891. The van der Waals surface area contributed by atoms with Gasteiger partial charge in [0.2, 0.25) is 5.91 Å². The number of hydrogen-bond acceptors (Lipinski definition) is 4. The Kier molecular flexibility index (Phi) is 2.83. The molecule has 0 radical (unpaired) electrons. The van der Waals surface area contributed by atoms with Crippen molar-refractivity contribution < 1.29 is 19.1 Å². The van der Waals surface area contributed by atoms with Gasteiger partial charge in [-0.3, -0.25) is 4.79 Å². The third-order valence-electron chi connectivity index (χ3n) is 5.91. The molecule has 4 rings (SSSR count). The maximum atomic E-state index is 12.8. The number of nitrogens with one attached hydrogen (secondary N) is 1. The van der Waals surface area contributed by atoms with Crippen molar-refractivity contribution in [3.8, 4) is 0 Å². The number of ether oxygens (including phenoxy) is 1. The highest BCUT2D eigenvalue weighted by Gasteiger charge is 2.77. The predicted octanol–water partition coefficient (Wildman–Crippen LogP) is 1.87. The molecule has 2 heterocycles. The summed E-state index contributed by atoms with van der Waals surface area (Å²) >= 11 is 0. The van der Waals surface area contributed by atoms with Gasteiger partial charge in [0.15, 0.2) is 0 Å². The van der Waals surface area contributed by atoms with Crippen molar-refractivity contribution in [2.75, 3.05) is 13.2 Å². The maximum Gasteiger partial charge on any atom is 0.229 e. The maximum absolute atomic E-state index is 12.8. The summed E-state index contributed by atoms with van der Waals surface area (Å²) < 4.78 is 11.4. The zero-order valence-electron chi connectivity index (χ0n) is 13.1. The Morgan fingerprint density at radius 2 is 2.27 bits per heavy atom. The van der Waals surface area contributed by atoms with Crippen molar-refractivity contribution in [3.63, 3.8) is 0 Å². The van der Waals surface area contributed by atoms with Crippen LogP contribution in [0, 0.1) is 18.3 Å². The first-order valence-corrected chi connectivity index (χ1v) is 8.11. The van der Waals surface area contributed by atoms with E-state index in [9.17, 15) is 9.90 Å². The molecule has 5 heteroatoms. The molecule has 1 spiro atoms. The molecule has 1 aromatic heterocycles. The van der Waals surface area contributed by atoms with E-state index < -0.39 is 5.60 Å². The van der Waals surface area contributed by atoms with Crippen molar-refractivity contribution in [1.82, 2.24) is 5.32 Å². The molecule has 3 aliphatic rings. The second kappa shape index (κ2) is 4.36. The van der Waals surface area contributed by atoms with Crippen LogP contribution in [0.2, 0.25) is 0 Å². The molecule has 2 saturated carbocycles. The van der Waals surface area contributed by atoms with Crippen LogP contribution in [0.4, 0.5) is 0 Å². The Bertz CT molecular complexity index is 616. The van der Waals surface area contributed by atoms with Crippen LogP contribution in [-0.4, -0.2) is 29.8 Å². The largest absolute Gasteiger partial charge is 0.463 e. The van der Waals surface area contributed by atoms with Gasteiger partial charge in [0.05, 0.1) is 24.2 Å². The average Bonchev–Trinajstić information content (AvgIpc) is 2.83. The van der Waals surface area contributed by atoms with E-state index in [4.69, 9.17) is 9.15 Å². The summed E-state index contributed by atoms with van der Waals surface area (Å²) in [6.45, 7) is 4.37. The van der Waals surface area contributed by atoms with E-state index in [1.165, 1.54) is 0 Å². The number of fused-ring (bicyclic) bond motifs is 2. The van der Waals surface area contributed by atoms with Crippen molar-refractivity contribution in [1.29, 1.82) is 0 Å². The monoisotopic (exact) mass is 305 g/mol. The number of carbonyl (C=O) groups is 1. The lowest BCUT2D eigenvalue weighted by Crippen LogP contribution is -2.54. The van der Waals surface area contributed by atoms with Crippen LogP contribution in [0.5, 0.6) is 0 Å². The van der Waals surface area contributed by atoms with Gasteiger partial charge >= 0.3 is 0 Å². The molecule has 3 atom stereocenters. The van der Waals surface area contributed by atoms with Crippen molar-refractivity contribution >= 4 is 5.91 Å². The molecular formula is C17H23NO4. The van der Waals surface area contributed by atoms with E-state index in [1.54, 1.807) is 13.0 Å². The second-order valence-corrected chi connectivity index (χ2v) is 7.40. The molecule has 22 heavy (non-hydrogen) atoms. The van der Waals surface area contributed by atoms with Gasteiger partial charge in [-0.25, -0.2) is 0 Å². The summed E-state index contributed by atoms with van der Waals surface area (Å²) in [5.41, 5.74) is -1.74. The summed E-state index contributed by atoms with van der Waals surface area (Å²) in [4.78, 5) is 12.8. The molecule has 2 aliphatic carbocycles. The fourth-order valence-corrected chi connectivity index (χ4v) is 4.27. The van der Waals surface area contributed by atoms with Gasteiger partial charge in [-0.1, -0.05) is 0 Å². The molecule has 5 nitrogen and oxygen atoms in total. The number of aryl methyl sites for hydroxylation is 1. The Labute approximate surface area is 130 Å². The summed E-state index contributed by atoms with van der Waals surface area (Å²) in [7, 11) is 0. The normalized spacial score (nSPS) is 33.9. The highest BCUT2D eigenvalue weighted by Crippen LogP contribution is 2.71. The van der Waals surface area contributed by atoms with Crippen LogP contribution in [-0.2, 0) is 15.1 Å². The van der Waals surface area contributed by atoms with Gasteiger partial charge in [-0.15, -0.1) is 0 Å². The standard InChI is InChI=1S/C17H23NO4/c1-11-4-5-13(22-11)15(2,20)10-18-14(19)17-8-12(17)9-21-16(17)6-3-7-16/h4-5,12,20H,3,6-10H2,1-2H3,(H,18,19)/t12-,15?,17-/m0/s1. The van der Waals surface area contributed by atoms with Gasteiger partial charge in [-0.2, -0.15) is 0 Å². The summed E-state index contributed by atoms with van der Waals surface area (Å²) in [6, 6.07) is 3.57. The van der Waals surface area contributed by atoms with Gasteiger partial charge in [0, 0.05) is 5.92 Å². The Morgan fingerprint density at radius 1 is 1.50 bits per heavy atom. The molecular weight excluding hydrogens is 282 g/mol. The fraction of sp³-hybridized carbons (Fsp3) is 0.706. The van der Waals surface area contributed by atoms with Crippen molar-refractivity contribution in [2.24, 2.45) is 11.3 Å². The minimum Gasteiger partial charge on any atom is -0.463 e. The molecule has 1 unspecified atom stereocenters. The van der Waals surface area contributed by atoms with E-state index in [2.05, 4.69) is 5.32 Å². The minimum atomic E-state index is -1.20. The van der Waals surface area contributed by atoms with Crippen LogP contribution in [0.3, 0.4) is 0 Å². The van der Waals surface area contributed by atoms with Gasteiger partial charge in [-0.05, 0) is 51.7 Å². The van der Waals surface area contributed by atoms with E-state index in [0.29, 0.717) is 18.3 Å². The lowest BCUT2D eigenvalue weighted by atomic mass is 9.68. The minimum absolute atomic E-state index is 0.0400. The highest BCUT2D eigenvalue weighted by atomic mass is 16.5.